The number of thiazole rings is 1. The summed E-state index contributed by atoms with van der Waals surface area (Å²) in [6.45, 7) is 0. The van der Waals surface area contributed by atoms with Gasteiger partial charge < -0.3 is 22.0 Å². The van der Waals surface area contributed by atoms with Crippen molar-refractivity contribution >= 4 is 38.1 Å². The maximum atomic E-state index is 10.9. The van der Waals surface area contributed by atoms with Crippen molar-refractivity contribution in [2.24, 2.45) is 17.3 Å². The van der Waals surface area contributed by atoms with Gasteiger partial charge in [-0.3, -0.25) is 0 Å². The molecule has 0 unspecified atom stereocenters. The summed E-state index contributed by atoms with van der Waals surface area (Å²) in [5, 5.41) is 21.1. The molecule has 27 heavy (non-hydrogen) atoms. The number of nitro groups is 1. The molecule has 7 nitrogen and oxygen atoms in total. The lowest BCUT2D eigenvalue weighted by Crippen LogP contribution is -3.00. The van der Waals surface area contributed by atoms with Gasteiger partial charge in [-0.1, -0.05) is 48.5 Å². The molecule has 0 bridgehead atoms. The number of H-pyrrole nitrogens is 1. The van der Waals surface area contributed by atoms with Crippen LogP contribution < -0.4 is 17.0 Å². The summed E-state index contributed by atoms with van der Waals surface area (Å²) in [6, 6.07) is 17.7. The van der Waals surface area contributed by atoms with Gasteiger partial charge in [-0.2, -0.15) is 0 Å². The number of hydrogen-bond donors (Lipinski definition) is 1. The van der Waals surface area contributed by atoms with Gasteiger partial charge in [0, 0.05) is 23.5 Å². The Labute approximate surface area is 168 Å². The van der Waals surface area contributed by atoms with Crippen LogP contribution in [0.5, 0.6) is 0 Å². The second-order valence-electron chi connectivity index (χ2n) is 5.68. The standard InChI is InChI=1S/C18H14N5O2S.BrH/c1-22-11-15(23(24)25)26-18(22)21-20-17-13-9-5-6-10-14(13)19-16(17)12-7-3-2-4-8-12;/h2-11,19H,1H3;1H/q+1;/p-1. The summed E-state index contributed by atoms with van der Waals surface area (Å²) in [5.74, 6) is 0. The van der Waals surface area contributed by atoms with E-state index in [-0.39, 0.29) is 22.0 Å². The number of rotatable bonds is 4. The van der Waals surface area contributed by atoms with Crippen LogP contribution >= 0.6 is 11.3 Å². The van der Waals surface area contributed by atoms with Crippen LogP contribution in [0.3, 0.4) is 0 Å². The van der Waals surface area contributed by atoms with E-state index in [1.165, 1.54) is 6.20 Å². The first-order valence-electron chi connectivity index (χ1n) is 7.85. The topological polar surface area (TPSA) is 88.6 Å². The van der Waals surface area contributed by atoms with Crippen LogP contribution in [0.15, 0.2) is 71.0 Å². The monoisotopic (exact) mass is 443 g/mol. The molecule has 0 atom stereocenters. The van der Waals surface area contributed by atoms with Crippen molar-refractivity contribution in [2.45, 2.75) is 0 Å². The normalized spacial score (nSPS) is 11.0. The van der Waals surface area contributed by atoms with Crippen molar-refractivity contribution in [3.63, 3.8) is 0 Å². The smallest absolute Gasteiger partial charge is 0.484 e. The molecule has 0 saturated heterocycles. The highest BCUT2D eigenvalue weighted by atomic mass is 79.9. The van der Waals surface area contributed by atoms with E-state index in [0.717, 1.165) is 33.5 Å². The average molecular weight is 444 g/mol. The first-order valence-corrected chi connectivity index (χ1v) is 8.67. The van der Waals surface area contributed by atoms with E-state index in [9.17, 15) is 10.1 Å². The Balaban J connectivity index is 0.00000210. The highest BCUT2D eigenvalue weighted by Gasteiger charge is 2.24. The number of nitrogens with one attached hydrogen (secondary N) is 1. The van der Waals surface area contributed by atoms with Crippen LogP contribution in [0.4, 0.5) is 15.8 Å². The van der Waals surface area contributed by atoms with Gasteiger partial charge >= 0.3 is 10.1 Å². The molecule has 0 saturated carbocycles. The molecule has 0 amide bonds. The number of halogens is 1. The Hall–Kier alpha value is -2.91. The Kier molecular flexibility index (Phi) is 5.43. The van der Waals surface area contributed by atoms with Crippen molar-refractivity contribution in [2.75, 3.05) is 0 Å². The molecule has 0 aliphatic carbocycles. The molecule has 0 fully saturated rings. The molecule has 0 aliphatic heterocycles. The van der Waals surface area contributed by atoms with E-state index in [1.54, 1.807) is 11.6 Å². The SMILES string of the molecule is Cn1cc([N+](=O)[O-])s[c+]1N=Nc1c(-c2ccccc2)[nH]c2ccccc12.[Br-]. The maximum Gasteiger partial charge on any atom is 0.484 e. The van der Waals surface area contributed by atoms with Gasteiger partial charge in [0.15, 0.2) is 4.92 Å². The molecule has 4 aromatic rings. The molecule has 2 aromatic carbocycles. The average Bonchev–Trinajstić information content (AvgIpc) is 3.21. The van der Waals surface area contributed by atoms with Crippen LogP contribution in [-0.2, 0) is 7.05 Å². The van der Waals surface area contributed by atoms with E-state index in [4.69, 9.17) is 0 Å². The molecule has 0 spiro atoms. The van der Waals surface area contributed by atoms with E-state index < -0.39 is 4.92 Å². The fourth-order valence-corrected chi connectivity index (χ4v) is 3.48. The third-order valence-electron chi connectivity index (χ3n) is 3.96. The Morgan fingerprint density at radius 2 is 1.85 bits per heavy atom. The zero-order valence-electron chi connectivity index (χ0n) is 14.2. The quantitative estimate of drug-likeness (QED) is 0.227. The summed E-state index contributed by atoms with van der Waals surface area (Å²) in [6.07, 6.45) is 1.44. The van der Waals surface area contributed by atoms with Gasteiger partial charge in [0.1, 0.15) is 17.0 Å². The predicted octanol–water partition coefficient (Wildman–Crippen LogP) is 2.84. The Bertz CT molecular complexity index is 1140. The molecule has 2 aromatic heterocycles. The number of hydrogen-bond acceptors (Lipinski definition) is 5. The second-order valence-corrected chi connectivity index (χ2v) is 6.67. The Morgan fingerprint density at radius 1 is 1.15 bits per heavy atom. The zero-order valence-corrected chi connectivity index (χ0v) is 16.6. The van der Waals surface area contributed by atoms with Crippen LogP contribution in [0.25, 0.3) is 22.2 Å². The number of benzene rings is 2. The minimum absolute atomic E-state index is 0. The van der Waals surface area contributed by atoms with Crippen LogP contribution in [-0.4, -0.2) is 14.5 Å². The number of aryl methyl sites for hydroxylation is 1. The number of fused-ring (bicyclic) bond motifs is 1. The molecule has 9 heteroatoms. The number of aromatic nitrogens is 2. The molecular weight excluding hydrogens is 430 g/mol. The van der Waals surface area contributed by atoms with E-state index in [2.05, 4.69) is 15.2 Å². The maximum absolute atomic E-state index is 10.9. The predicted molar refractivity (Wildman–Crippen MR) is 102 cm³/mol. The van der Waals surface area contributed by atoms with Crippen molar-refractivity contribution in [1.82, 2.24) is 9.55 Å². The summed E-state index contributed by atoms with van der Waals surface area (Å²) in [7, 11) is 1.71. The van der Waals surface area contributed by atoms with E-state index in [0.29, 0.717) is 10.8 Å². The lowest BCUT2D eigenvalue weighted by atomic mass is 10.1. The lowest BCUT2D eigenvalue weighted by Gasteiger charge is -1.98. The van der Waals surface area contributed by atoms with Crippen LogP contribution in [0.2, 0.25) is 0 Å². The molecule has 0 aliphatic rings. The second kappa shape index (κ2) is 7.77. The van der Waals surface area contributed by atoms with Crippen molar-refractivity contribution < 1.29 is 21.9 Å². The summed E-state index contributed by atoms with van der Waals surface area (Å²) in [5.41, 5.74) is 3.54. The van der Waals surface area contributed by atoms with Gasteiger partial charge in [0.05, 0.1) is 5.69 Å². The fraction of sp³-hybridized carbons (Fsp3) is 0.0556. The lowest BCUT2D eigenvalue weighted by molar-refractivity contribution is -0.380. The fourth-order valence-electron chi connectivity index (χ4n) is 2.73. The first-order chi connectivity index (χ1) is 12.6. The highest BCUT2D eigenvalue weighted by molar-refractivity contribution is 7.18. The minimum atomic E-state index is -0.426. The van der Waals surface area contributed by atoms with Gasteiger partial charge in [0.2, 0.25) is 6.20 Å². The highest BCUT2D eigenvalue weighted by Crippen LogP contribution is 2.39. The largest absolute Gasteiger partial charge is 1.00 e. The van der Waals surface area contributed by atoms with E-state index >= 15 is 0 Å². The first kappa shape index (κ1) is 18.9. The summed E-state index contributed by atoms with van der Waals surface area (Å²) in [4.78, 5) is 13.9. The molecular formula is C18H14BrN5O2S. The number of nitrogens with zero attached hydrogens (tertiary/aromatic N) is 4. The van der Waals surface area contributed by atoms with E-state index in [1.807, 2.05) is 54.6 Å². The zero-order chi connectivity index (χ0) is 18.1. The molecule has 0 radical (unpaired) electrons. The summed E-state index contributed by atoms with van der Waals surface area (Å²) >= 11 is 0.990. The van der Waals surface area contributed by atoms with Crippen molar-refractivity contribution in [3.8, 4) is 11.3 Å². The molecule has 1 N–H and O–H groups in total. The van der Waals surface area contributed by atoms with Gasteiger partial charge in [0.25, 0.3) is 0 Å². The molecule has 2 heterocycles. The van der Waals surface area contributed by atoms with Crippen LogP contribution in [0.1, 0.15) is 0 Å². The third kappa shape index (κ3) is 3.64. The minimum Gasteiger partial charge on any atom is -1.00 e. The number of para-hydroxylation sites is 1. The molecule has 136 valence electrons. The Morgan fingerprint density at radius 3 is 2.56 bits per heavy atom. The number of aromatic amines is 1. The van der Waals surface area contributed by atoms with Gasteiger partial charge in [-0.05, 0) is 11.2 Å². The van der Waals surface area contributed by atoms with Crippen molar-refractivity contribution in [1.29, 1.82) is 0 Å². The van der Waals surface area contributed by atoms with Crippen LogP contribution in [0, 0.1) is 10.1 Å². The van der Waals surface area contributed by atoms with Gasteiger partial charge in [-0.15, -0.1) is 5.11 Å². The third-order valence-corrected chi connectivity index (χ3v) is 4.97. The summed E-state index contributed by atoms with van der Waals surface area (Å²) < 4.78 is 1.60. The molecule has 4 rings (SSSR count). The van der Waals surface area contributed by atoms with Crippen molar-refractivity contribution in [3.05, 3.63) is 70.9 Å². The van der Waals surface area contributed by atoms with Gasteiger partial charge in [-0.25, -0.2) is 14.7 Å². The number of azo groups is 1.